The van der Waals surface area contributed by atoms with E-state index in [1.807, 2.05) is 54.6 Å². The lowest BCUT2D eigenvalue weighted by atomic mass is 10.2. The molecule has 1 aliphatic heterocycles. The molecule has 1 saturated heterocycles. The molecular formula is C26H31NO3P+. The Morgan fingerprint density at radius 3 is 1.26 bits per heavy atom. The van der Waals surface area contributed by atoms with Crippen molar-refractivity contribution in [3.8, 4) is 17.2 Å². The van der Waals surface area contributed by atoms with Crippen LogP contribution < -0.4 is 13.6 Å². The fourth-order valence-electron chi connectivity index (χ4n) is 3.70. The summed E-state index contributed by atoms with van der Waals surface area (Å²) in [6.07, 6.45) is 3.43. The fourth-order valence-corrected chi connectivity index (χ4v) is 6.29. The van der Waals surface area contributed by atoms with Crippen molar-refractivity contribution in [2.24, 2.45) is 0 Å². The third-order valence-electron chi connectivity index (χ3n) is 5.60. The van der Waals surface area contributed by atoms with Gasteiger partial charge in [-0.05, 0) is 68.5 Å². The molecule has 1 aliphatic rings. The Labute approximate surface area is 186 Å². The van der Waals surface area contributed by atoms with Gasteiger partial charge in [0.25, 0.3) is 0 Å². The molecule has 1 fully saturated rings. The number of benzene rings is 3. The lowest BCUT2D eigenvalue weighted by Crippen LogP contribution is -2.37. The Balaban J connectivity index is 1.82. The van der Waals surface area contributed by atoms with Gasteiger partial charge >= 0.3 is 8.09 Å². The van der Waals surface area contributed by atoms with Gasteiger partial charge in [-0.1, -0.05) is 65.7 Å². The van der Waals surface area contributed by atoms with Crippen LogP contribution in [0.1, 0.15) is 36.0 Å². The summed E-state index contributed by atoms with van der Waals surface area (Å²) in [5.41, 5.74) is 3.18. The van der Waals surface area contributed by atoms with E-state index in [4.69, 9.17) is 13.6 Å². The number of hydrogen-bond donors (Lipinski definition) is 0. The van der Waals surface area contributed by atoms with Crippen molar-refractivity contribution in [2.75, 3.05) is 13.1 Å². The minimum Gasteiger partial charge on any atom is -0.257 e. The van der Waals surface area contributed by atoms with Crippen LogP contribution in [0.15, 0.2) is 72.8 Å². The van der Waals surface area contributed by atoms with Gasteiger partial charge in [0.1, 0.15) is 0 Å². The van der Waals surface area contributed by atoms with Gasteiger partial charge in [-0.15, -0.1) is 0 Å². The predicted octanol–water partition coefficient (Wildman–Crippen LogP) is 7.31. The number of aryl methyl sites for hydroxylation is 3. The Morgan fingerprint density at radius 2 is 0.903 bits per heavy atom. The van der Waals surface area contributed by atoms with E-state index in [0.717, 1.165) is 59.9 Å². The summed E-state index contributed by atoms with van der Waals surface area (Å²) in [6.45, 7) is 7.94. The maximum atomic E-state index is 6.78. The first-order valence-corrected chi connectivity index (χ1v) is 12.5. The lowest BCUT2D eigenvalue weighted by Gasteiger charge is -2.33. The van der Waals surface area contributed by atoms with E-state index in [-0.39, 0.29) is 0 Å². The molecule has 3 aromatic carbocycles. The number of piperidine rings is 1. The fraction of sp³-hybridized carbons (Fsp3) is 0.308. The smallest absolute Gasteiger partial charge is 0.257 e. The van der Waals surface area contributed by atoms with Crippen LogP contribution in [0.3, 0.4) is 0 Å². The van der Waals surface area contributed by atoms with E-state index in [1.54, 1.807) is 0 Å². The zero-order valence-corrected chi connectivity index (χ0v) is 19.5. The average molecular weight is 437 g/mol. The van der Waals surface area contributed by atoms with Crippen LogP contribution in [-0.2, 0) is 0 Å². The molecule has 1 heterocycles. The van der Waals surface area contributed by atoms with Crippen molar-refractivity contribution < 1.29 is 13.6 Å². The van der Waals surface area contributed by atoms with Crippen molar-refractivity contribution in [3.05, 3.63) is 89.5 Å². The zero-order chi connectivity index (χ0) is 21.7. The number of rotatable bonds is 7. The highest BCUT2D eigenvalue weighted by molar-refractivity contribution is 7.60. The van der Waals surface area contributed by atoms with E-state index in [1.165, 1.54) is 6.42 Å². The molecule has 0 saturated carbocycles. The molecule has 162 valence electrons. The predicted molar refractivity (Wildman–Crippen MR) is 128 cm³/mol. The molecule has 0 N–H and O–H groups in total. The minimum atomic E-state index is -2.98. The van der Waals surface area contributed by atoms with Gasteiger partial charge in [-0.25, -0.2) is 0 Å². The highest BCUT2D eigenvalue weighted by Gasteiger charge is 2.59. The second kappa shape index (κ2) is 9.72. The molecule has 0 aliphatic carbocycles. The maximum absolute atomic E-state index is 6.78. The summed E-state index contributed by atoms with van der Waals surface area (Å²) in [6, 6.07) is 24.2. The van der Waals surface area contributed by atoms with Gasteiger partial charge in [0.2, 0.25) is 0 Å². The zero-order valence-electron chi connectivity index (χ0n) is 18.6. The van der Waals surface area contributed by atoms with Crippen molar-refractivity contribution in [1.82, 2.24) is 4.67 Å². The number of hydrogen-bond acceptors (Lipinski definition) is 4. The molecule has 0 unspecified atom stereocenters. The SMILES string of the molecule is Cc1ccccc1O[P+](Oc1ccccc1C)(Oc1ccccc1C)N1CCCCC1. The monoisotopic (exact) mass is 436 g/mol. The first-order chi connectivity index (χ1) is 15.1. The Kier molecular flexibility index (Phi) is 6.80. The van der Waals surface area contributed by atoms with E-state index in [2.05, 4.69) is 43.6 Å². The molecule has 0 atom stereocenters. The third-order valence-corrected chi connectivity index (χ3v) is 7.98. The van der Waals surface area contributed by atoms with Crippen LogP contribution in [-0.4, -0.2) is 17.8 Å². The molecule has 31 heavy (non-hydrogen) atoms. The molecule has 4 rings (SSSR count). The number of nitrogens with zero attached hydrogens (tertiary/aromatic N) is 1. The van der Waals surface area contributed by atoms with Crippen LogP contribution in [0.25, 0.3) is 0 Å². The van der Waals surface area contributed by atoms with E-state index in [0.29, 0.717) is 0 Å². The van der Waals surface area contributed by atoms with E-state index < -0.39 is 8.09 Å². The Morgan fingerprint density at radius 1 is 0.548 bits per heavy atom. The lowest BCUT2D eigenvalue weighted by molar-refractivity contribution is 0.229. The summed E-state index contributed by atoms with van der Waals surface area (Å²) in [5.74, 6) is 2.38. The Hall–Kier alpha value is -2.55. The van der Waals surface area contributed by atoms with Crippen molar-refractivity contribution in [2.45, 2.75) is 40.0 Å². The average Bonchev–Trinajstić information content (AvgIpc) is 2.79. The van der Waals surface area contributed by atoms with Crippen LogP contribution in [0.2, 0.25) is 0 Å². The maximum Gasteiger partial charge on any atom is 0.641 e. The topological polar surface area (TPSA) is 30.9 Å². The van der Waals surface area contributed by atoms with Crippen LogP contribution in [0.4, 0.5) is 0 Å². The van der Waals surface area contributed by atoms with Crippen LogP contribution >= 0.6 is 8.09 Å². The van der Waals surface area contributed by atoms with Gasteiger partial charge in [0.15, 0.2) is 17.2 Å². The standard InChI is InChI=1S/C26H31NO3P/c1-21-13-5-8-16-24(21)28-31(27-19-11-4-12-20-27,29-25-17-9-6-14-22(25)2)30-26-18-10-7-15-23(26)3/h5-10,13-18H,4,11-12,19-20H2,1-3H3/q+1. The van der Waals surface area contributed by atoms with Crippen molar-refractivity contribution in [3.63, 3.8) is 0 Å². The van der Waals surface area contributed by atoms with E-state index in [9.17, 15) is 0 Å². The molecule has 3 aromatic rings. The van der Waals surface area contributed by atoms with Crippen LogP contribution in [0, 0.1) is 20.8 Å². The van der Waals surface area contributed by atoms with Gasteiger partial charge < -0.3 is 0 Å². The minimum absolute atomic E-state index is 0.795. The molecule has 5 heteroatoms. The summed E-state index contributed by atoms with van der Waals surface area (Å²) in [4.78, 5) is 0. The van der Waals surface area contributed by atoms with Gasteiger partial charge in [-0.2, -0.15) is 0 Å². The molecule has 0 radical (unpaired) electrons. The normalized spacial score (nSPS) is 14.8. The first kappa shape index (κ1) is 21.7. The summed E-state index contributed by atoms with van der Waals surface area (Å²) < 4.78 is 22.6. The summed E-state index contributed by atoms with van der Waals surface area (Å²) in [5, 5.41) is 0. The highest BCUT2D eigenvalue weighted by atomic mass is 31.2. The second-order valence-corrected chi connectivity index (χ2v) is 10.1. The number of para-hydroxylation sites is 3. The summed E-state index contributed by atoms with van der Waals surface area (Å²) in [7, 11) is -2.98. The van der Waals surface area contributed by atoms with Crippen molar-refractivity contribution in [1.29, 1.82) is 0 Å². The molecule has 0 spiro atoms. The summed E-state index contributed by atoms with van der Waals surface area (Å²) >= 11 is 0. The second-order valence-electron chi connectivity index (χ2n) is 8.05. The molecule has 0 bridgehead atoms. The van der Waals surface area contributed by atoms with Crippen molar-refractivity contribution >= 4 is 8.09 Å². The first-order valence-electron chi connectivity index (χ1n) is 11.0. The molecule has 0 amide bonds. The van der Waals surface area contributed by atoms with Gasteiger partial charge in [0.05, 0.1) is 0 Å². The highest BCUT2D eigenvalue weighted by Crippen LogP contribution is 2.64. The van der Waals surface area contributed by atoms with Crippen LogP contribution in [0.5, 0.6) is 17.2 Å². The molecule has 4 nitrogen and oxygen atoms in total. The third kappa shape index (κ3) is 5.03. The Bertz CT molecular complexity index is 901. The molecular weight excluding hydrogens is 405 g/mol. The molecule has 0 aromatic heterocycles. The van der Waals surface area contributed by atoms with Gasteiger partial charge in [0, 0.05) is 13.1 Å². The quantitative estimate of drug-likeness (QED) is 0.363. The largest absolute Gasteiger partial charge is 0.641 e. The van der Waals surface area contributed by atoms with Gasteiger partial charge in [-0.3, -0.25) is 13.6 Å². The van der Waals surface area contributed by atoms with E-state index >= 15 is 0 Å².